The van der Waals surface area contributed by atoms with Crippen molar-refractivity contribution in [3.63, 3.8) is 0 Å². The molecular formula is C21H17ClN4O5S. The van der Waals surface area contributed by atoms with Gasteiger partial charge in [-0.25, -0.2) is 18.5 Å². The number of carbonyl (C=O) groups excluding carboxylic acids is 1. The van der Waals surface area contributed by atoms with Gasteiger partial charge in [0, 0.05) is 5.02 Å². The zero-order valence-electron chi connectivity index (χ0n) is 16.7. The molecule has 0 fully saturated rings. The SMILES string of the molecule is Cc1nc(S(N)(=O)=O)ccc1NC(=O)COc1ccccc1Oc1cc(Cl)cc(C#N)c1. The molecule has 2 aromatic carbocycles. The van der Waals surface area contributed by atoms with Gasteiger partial charge >= 0.3 is 0 Å². The van der Waals surface area contributed by atoms with E-state index < -0.39 is 15.9 Å². The highest BCUT2D eigenvalue weighted by Crippen LogP contribution is 2.33. The Bertz CT molecular complexity index is 1320. The predicted molar refractivity (Wildman–Crippen MR) is 117 cm³/mol. The van der Waals surface area contributed by atoms with Gasteiger partial charge in [-0.2, -0.15) is 5.26 Å². The van der Waals surface area contributed by atoms with Crippen LogP contribution in [0.15, 0.2) is 59.6 Å². The van der Waals surface area contributed by atoms with Crippen LogP contribution in [0.2, 0.25) is 5.02 Å². The third-order valence-corrected chi connectivity index (χ3v) is 5.09. The lowest BCUT2D eigenvalue weighted by atomic mass is 10.2. The third-order valence-electron chi connectivity index (χ3n) is 4.06. The number of hydrogen-bond acceptors (Lipinski definition) is 7. The summed E-state index contributed by atoms with van der Waals surface area (Å²) < 4.78 is 34.1. The first-order chi connectivity index (χ1) is 15.2. The average Bonchev–Trinajstić information content (AvgIpc) is 2.73. The van der Waals surface area contributed by atoms with Crippen molar-refractivity contribution in [3.8, 4) is 23.3 Å². The number of aryl methyl sites for hydroxylation is 1. The normalized spacial score (nSPS) is 10.8. The molecule has 11 heteroatoms. The van der Waals surface area contributed by atoms with Gasteiger partial charge < -0.3 is 14.8 Å². The summed E-state index contributed by atoms with van der Waals surface area (Å²) in [6.45, 7) is 1.19. The number of primary sulfonamides is 1. The van der Waals surface area contributed by atoms with Crippen LogP contribution >= 0.6 is 11.6 Å². The quantitative estimate of drug-likeness (QED) is 0.536. The molecule has 32 heavy (non-hydrogen) atoms. The van der Waals surface area contributed by atoms with Gasteiger partial charge in [-0.05, 0) is 49.4 Å². The number of sulfonamides is 1. The molecule has 3 N–H and O–H groups in total. The molecule has 0 aliphatic rings. The summed E-state index contributed by atoms with van der Waals surface area (Å²) in [5, 5.41) is 16.8. The van der Waals surface area contributed by atoms with E-state index in [1.165, 1.54) is 31.2 Å². The van der Waals surface area contributed by atoms with Gasteiger partial charge in [-0.15, -0.1) is 0 Å². The number of carbonyl (C=O) groups is 1. The molecule has 0 bridgehead atoms. The fourth-order valence-corrected chi connectivity index (χ4v) is 3.37. The Morgan fingerprint density at radius 1 is 1.19 bits per heavy atom. The Kier molecular flexibility index (Phi) is 6.95. The maximum Gasteiger partial charge on any atom is 0.262 e. The number of benzene rings is 2. The smallest absolute Gasteiger partial charge is 0.262 e. The molecule has 1 heterocycles. The number of aromatic nitrogens is 1. The van der Waals surface area contributed by atoms with E-state index in [1.807, 2.05) is 6.07 Å². The first kappa shape index (κ1) is 23.0. The van der Waals surface area contributed by atoms with E-state index in [-0.39, 0.29) is 17.3 Å². The summed E-state index contributed by atoms with van der Waals surface area (Å²) in [4.78, 5) is 16.2. The number of anilines is 1. The standard InChI is InChI=1S/C21H17ClN4O5S/c1-13-17(6-7-21(25-13)32(24,28)29)26-20(27)12-30-18-4-2-3-5-19(18)31-16-9-14(11-23)8-15(22)10-16/h2-10H,12H2,1H3,(H,26,27)(H2,24,28,29). The van der Waals surface area contributed by atoms with Crippen LogP contribution in [-0.4, -0.2) is 25.9 Å². The molecule has 0 unspecified atom stereocenters. The highest BCUT2D eigenvalue weighted by molar-refractivity contribution is 7.89. The van der Waals surface area contributed by atoms with Crippen LogP contribution < -0.4 is 19.9 Å². The number of rotatable bonds is 7. The van der Waals surface area contributed by atoms with Gasteiger partial charge in [0.1, 0.15) is 5.75 Å². The first-order valence-electron chi connectivity index (χ1n) is 9.06. The number of pyridine rings is 1. The molecule has 0 atom stereocenters. The number of ether oxygens (including phenoxy) is 2. The van der Waals surface area contributed by atoms with E-state index in [0.29, 0.717) is 33.5 Å². The molecule has 1 aromatic heterocycles. The Morgan fingerprint density at radius 2 is 1.91 bits per heavy atom. The van der Waals surface area contributed by atoms with Crippen molar-refractivity contribution in [2.24, 2.45) is 5.14 Å². The number of nitrogens with two attached hydrogens (primary N) is 1. The monoisotopic (exact) mass is 472 g/mol. The largest absolute Gasteiger partial charge is 0.480 e. The molecule has 0 spiro atoms. The molecule has 3 aromatic rings. The molecule has 3 rings (SSSR count). The van der Waals surface area contributed by atoms with Gasteiger partial charge in [0.25, 0.3) is 15.9 Å². The molecule has 0 radical (unpaired) electrons. The van der Waals surface area contributed by atoms with Crippen LogP contribution in [0.1, 0.15) is 11.3 Å². The van der Waals surface area contributed by atoms with Crippen molar-refractivity contribution < 1.29 is 22.7 Å². The van der Waals surface area contributed by atoms with Crippen molar-refractivity contribution in [1.82, 2.24) is 4.98 Å². The second-order valence-electron chi connectivity index (χ2n) is 6.50. The van der Waals surface area contributed by atoms with Crippen molar-refractivity contribution in [3.05, 3.63) is 70.9 Å². The van der Waals surface area contributed by atoms with Crippen molar-refractivity contribution in [2.45, 2.75) is 11.9 Å². The van der Waals surface area contributed by atoms with Gasteiger partial charge in [-0.1, -0.05) is 23.7 Å². The molecule has 0 saturated carbocycles. The molecule has 1 amide bonds. The van der Waals surface area contributed by atoms with Gasteiger partial charge in [0.05, 0.1) is 23.0 Å². The Hall–Kier alpha value is -3.65. The third kappa shape index (κ3) is 5.95. The molecule has 0 aliphatic carbocycles. The molecular weight excluding hydrogens is 456 g/mol. The number of nitrogens with one attached hydrogen (secondary N) is 1. The van der Waals surface area contributed by atoms with Gasteiger partial charge in [-0.3, -0.25) is 4.79 Å². The summed E-state index contributed by atoms with van der Waals surface area (Å²) in [5.41, 5.74) is 0.934. The maximum atomic E-state index is 12.3. The van der Waals surface area contributed by atoms with Gasteiger partial charge in [0.2, 0.25) is 0 Å². The topological polar surface area (TPSA) is 144 Å². The molecule has 9 nitrogen and oxygen atoms in total. The number of amides is 1. The Balaban J connectivity index is 1.69. The second-order valence-corrected chi connectivity index (χ2v) is 8.45. The van der Waals surface area contributed by atoms with Crippen molar-refractivity contribution in [2.75, 3.05) is 11.9 Å². The highest BCUT2D eigenvalue weighted by atomic mass is 35.5. The minimum atomic E-state index is -3.94. The summed E-state index contributed by atoms with van der Waals surface area (Å²) in [6.07, 6.45) is 0. The number of halogens is 1. The van der Waals surface area contributed by atoms with Gasteiger partial charge in [0.15, 0.2) is 23.1 Å². The van der Waals surface area contributed by atoms with E-state index >= 15 is 0 Å². The van der Waals surface area contributed by atoms with Crippen molar-refractivity contribution >= 4 is 33.2 Å². The number of nitriles is 1. The van der Waals surface area contributed by atoms with Crippen LogP contribution in [0.4, 0.5) is 5.69 Å². The molecule has 164 valence electrons. The van der Waals surface area contributed by atoms with E-state index in [2.05, 4.69) is 10.3 Å². The minimum Gasteiger partial charge on any atom is -0.480 e. The van der Waals surface area contributed by atoms with Crippen molar-refractivity contribution in [1.29, 1.82) is 5.26 Å². The lowest BCUT2D eigenvalue weighted by molar-refractivity contribution is -0.118. The second kappa shape index (κ2) is 9.65. The van der Waals surface area contributed by atoms with E-state index in [4.69, 9.17) is 31.5 Å². The summed E-state index contributed by atoms with van der Waals surface area (Å²) in [6, 6.07) is 15.8. The lowest BCUT2D eigenvalue weighted by Gasteiger charge is -2.13. The van der Waals surface area contributed by atoms with E-state index in [0.717, 1.165) is 0 Å². The fourth-order valence-electron chi connectivity index (χ4n) is 2.63. The van der Waals surface area contributed by atoms with Crippen LogP contribution in [0, 0.1) is 18.3 Å². The summed E-state index contributed by atoms with van der Waals surface area (Å²) >= 11 is 6.00. The zero-order chi connectivity index (χ0) is 23.3. The molecule has 0 aliphatic heterocycles. The minimum absolute atomic E-state index is 0.280. The first-order valence-corrected chi connectivity index (χ1v) is 11.0. The van der Waals surface area contributed by atoms with Crippen LogP contribution in [0.3, 0.4) is 0 Å². The Labute approximate surface area is 189 Å². The van der Waals surface area contributed by atoms with E-state index in [1.54, 1.807) is 30.3 Å². The van der Waals surface area contributed by atoms with Crippen LogP contribution in [0.5, 0.6) is 17.2 Å². The predicted octanol–water partition coefficient (Wildman–Crippen LogP) is 3.37. The van der Waals surface area contributed by atoms with E-state index in [9.17, 15) is 13.2 Å². The fraction of sp³-hybridized carbons (Fsp3) is 0.0952. The van der Waals surface area contributed by atoms with Crippen LogP contribution in [-0.2, 0) is 14.8 Å². The highest BCUT2D eigenvalue weighted by Gasteiger charge is 2.14. The lowest BCUT2D eigenvalue weighted by Crippen LogP contribution is -2.21. The average molecular weight is 473 g/mol. The summed E-state index contributed by atoms with van der Waals surface area (Å²) in [7, 11) is -3.94. The molecule has 0 saturated heterocycles. The van der Waals surface area contributed by atoms with Crippen LogP contribution in [0.25, 0.3) is 0 Å². The Morgan fingerprint density at radius 3 is 2.56 bits per heavy atom. The zero-order valence-corrected chi connectivity index (χ0v) is 18.3. The summed E-state index contributed by atoms with van der Waals surface area (Å²) in [5.74, 6) is 0.455. The number of nitrogens with zero attached hydrogens (tertiary/aromatic N) is 2. The number of hydrogen-bond donors (Lipinski definition) is 2. The number of para-hydroxylation sites is 2. The maximum absolute atomic E-state index is 12.3.